The molecule has 0 unspecified atom stereocenters. The summed E-state index contributed by atoms with van der Waals surface area (Å²) in [4.78, 5) is 32.2. The Balaban J connectivity index is 1.70. The summed E-state index contributed by atoms with van der Waals surface area (Å²) >= 11 is 1.28. The van der Waals surface area contributed by atoms with Gasteiger partial charge in [-0.3, -0.25) is 14.2 Å². The average Bonchev–Trinajstić information content (AvgIpc) is 3.00. The second-order valence-electron chi connectivity index (χ2n) is 5.71. The fourth-order valence-electron chi connectivity index (χ4n) is 2.58. The molecule has 6 nitrogen and oxygen atoms in total. The van der Waals surface area contributed by atoms with Gasteiger partial charge < -0.3 is 10.3 Å². The van der Waals surface area contributed by atoms with Gasteiger partial charge >= 0.3 is 0 Å². The predicted molar refractivity (Wildman–Crippen MR) is 99.8 cm³/mol. The zero-order chi connectivity index (χ0) is 17.8. The lowest BCUT2D eigenvalue weighted by Gasteiger charge is -2.10. The van der Waals surface area contributed by atoms with Crippen molar-refractivity contribution >= 4 is 28.7 Å². The van der Waals surface area contributed by atoms with Crippen LogP contribution in [0, 0.1) is 6.92 Å². The van der Waals surface area contributed by atoms with E-state index in [1.807, 2.05) is 50.2 Å². The maximum absolute atomic E-state index is 12.5. The molecule has 3 aromatic rings. The summed E-state index contributed by atoms with van der Waals surface area (Å²) in [5.41, 5.74) is 2.99. The van der Waals surface area contributed by atoms with E-state index in [-0.39, 0.29) is 17.2 Å². The number of H-pyrrole nitrogens is 1. The third-order valence-corrected chi connectivity index (χ3v) is 4.80. The van der Waals surface area contributed by atoms with Crippen LogP contribution in [0.1, 0.15) is 18.2 Å². The first kappa shape index (κ1) is 17.3. The second-order valence-corrected chi connectivity index (χ2v) is 6.65. The van der Waals surface area contributed by atoms with E-state index in [1.165, 1.54) is 11.8 Å². The number of hydrogen-bond donors (Lipinski definition) is 2. The van der Waals surface area contributed by atoms with E-state index in [9.17, 15) is 9.59 Å². The van der Waals surface area contributed by atoms with Crippen LogP contribution in [0.25, 0.3) is 11.0 Å². The van der Waals surface area contributed by atoms with E-state index < -0.39 is 0 Å². The Morgan fingerprint density at radius 1 is 1.32 bits per heavy atom. The van der Waals surface area contributed by atoms with Crippen LogP contribution < -0.4 is 10.9 Å². The van der Waals surface area contributed by atoms with Gasteiger partial charge in [-0.05, 0) is 25.5 Å². The van der Waals surface area contributed by atoms with Crippen LogP contribution in [-0.2, 0) is 17.9 Å². The zero-order valence-electron chi connectivity index (χ0n) is 14.2. The Labute approximate surface area is 149 Å². The molecular formula is C18H20N4O2S. The summed E-state index contributed by atoms with van der Waals surface area (Å²) < 4.78 is 1.59. The second kappa shape index (κ2) is 7.57. The predicted octanol–water partition coefficient (Wildman–Crippen LogP) is 2.46. The maximum Gasteiger partial charge on any atom is 0.278 e. The normalized spacial score (nSPS) is 11.0. The molecule has 2 aromatic heterocycles. The van der Waals surface area contributed by atoms with Crippen molar-refractivity contribution < 1.29 is 4.79 Å². The number of thioether (sulfide) groups is 1. The number of benzene rings is 1. The Morgan fingerprint density at radius 3 is 2.80 bits per heavy atom. The van der Waals surface area contributed by atoms with Crippen molar-refractivity contribution in [2.45, 2.75) is 32.1 Å². The highest BCUT2D eigenvalue weighted by Gasteiger charge is 2.13. The maximum atomic E-state index is 12.5. The molecule has 0 aliphatic heterocycles. The van der Waals surface area contributed by atoms with E-state index in [0.717, 1.165) is 11.3 Å². The quantitative estimate of drug-likeness (QED) is 0.525. The number of carbonyl (C=O) groups excluding carboxylic acids is 1. The molecular weight excluding hydrogens is 336 g/mol. The molecule has 0 aliphatic rings. The molecule has 25 heavy (non-hydrogen) atoms. The van der Waals surface area contributed by atoms with Crippen LogP contribution in [-0.4, -0.2) is 26.2 Å². The van der Waals surface area contributed by atoms with Gasteiger partial charge in [-0.15, -0.1) is 0 Å². The lowest BCUT2D eigenvalue weighted by molar-refractivity contribution is -0.118. The largest absolute Gasteiger partial charge is 0.353 e. The van der Waals surface area contributed by atoms with Gasteiger partial charge in [0.05, 0.1) is 11.3 Å². The first-order valence-corrected chi connectivity index (χ1v) is 9.10. The van der Waals surface area contributed by atoms with Crippen molar-refractivity contribution in [1.82, 2.24) is 19.9 Å². The van der Waals surface area contributed by atoms with Crippen LogP contribution >= 0.6 is 11.8 Å². The SMILES string of the molecule is CCn1c(SCC(=O)NCc2ccccc2)nc2cc(C)[nH]c2c1=O. The number of fused-ring (bicyclic) bond motifs is 1. The molecule has 0 atom stereocenters. The standard InChI is InChI=1S/C18H20N4O2S/c1-3-22-17(24)16-14(9-12(2)20-16)21-18(22)25-11-15(23)19-10-13-7-5-4-6-8-13/h4-9,20H,3,10-11H2,1-2H3,(H,19,23). The smallest absolute Gasteiger partial charge is 0.278 e. The van der Waals surface area contributed by atoms with Gasteiger partial charge in [0.2, 0.25) is 5.91 Å². The van der Waals surface area contributed by atoms with E-state index in [0.29, 0.717) is 29.3 Å². The molecule has 0 spiro atoms. The summed E-state index contributed by atoms with van der Waals surface area (Å²) in [5.74, 6) is 0.130. The molecule has 0 bridgehead atoms. The molecule has 0 fully saturated rings. The van der Waals surface area contributed by atoms with Gasteiger partial charge in [0.1, 0.15) is 5.52 Å². The van der Waals surface area contributed by atoms with E-state index in [2.05, 4.69) is 15.3 Å². The Hall–Kier alpha value is -2.54. The van der Waals surface area contributed by atoms with Gasteiger partial charge in [-0.25, -0.2) is 4.98 Å². The van der Waals surface area contributed by atoms with Gasteiger partial charge in [-0.2, -0.15) is 0 Å². The summed E-state index contributed by atoms with van der Waals surface area (Å²) in [5, 5.41) is 3.45. The molecule has 0 saturated heterocycles. The lowest BCUT2D eigenvalue weighted by atomic mass is 10.2. The van der Waals surface area contributed by atoms with Gasteiger partial charge in [0.25, 0.3) is 5.56 Å². The fraction of sp³-hybridized carbons (Fsp3) is 0.278. The number of aromatic nitrogens is 3. The molecule has 7 heteroatoms. The molecule has 130 valence electrons. The van der Waals surface area contributed by atoms with Crippen molar-refractivity contribution in [1.29, 1.82) is 0 Å². The molecule has 0 radical (unpaired) electrons. The molecule has 0 aliphatic carbocycles. The Kier molecular flexibility index (Phi) is 5.23. The summed E-state index contributed by atoms with van der Waals surface area (Å²) in [7, 11) is 0. The first-order valence-electron chi connectivity index (χ1n) is 8.12. The highest BCUT2D eigenvalue weighted by atomic mass is 32.2. The van der Waals surface area contributed by atoms with Crippen molar-refractivity contribution in [2.24, 2.45) is 0 Å². The molecule has 1 amide bonds. The van der Waals surface area contributed by atoms with Crippen LogP contribution in [0.3, 0.4) is 0 Å². The third-order valence-electron chi connectivity index (χ3n) is 3.82. The number of amides is 1. The van der Waals surface area contributed by atoms with Crippen molar-refractivity contribution in [2.75, 3.05) is 5.75 Å². The summed E-state index contributed by atoms with van der Waals surface area (Å²) in [6.45, 7) is 4.78. The zero-order valence-corrected chi connectivity index (χ0v) is 15.0. The van der Waals surface area contributed by atoms with Crippen molar-refractivity contribution in [3.05, 3.63) is 58.0 Å². The molecule has 0 saturated carbocycles. The van der Waals surface area contributed by atoms with E-state index >= 15 is 0 Å². The number of hydrogen-bond acceptors (Lipinski definition) is 4. The van der Waals surface area contributed by atoms with Gasteiger partial charge in [0, 0.05) is 18.8 Å². The van der Waals surface area contributed by atoms with Crippen LogP contribution in [0.15, 0.2) is 46.3 Å². The number of rotatable bonds is 6. The van der Waals surface area contributed by atoms with E-state index in [4.69, 9.17) is 0 Å². The minimum absolute atomic E-state index is 0.0869. The molecule has 3 rings (SSSR count). The third kappa shape index (κ3) is 3.93. The number of carbonyl (C=O) groups is 1. The van der Waals surface area contributed by atoms with Crippen LogP contribution in [0.5, 0.6) is 0 Å². The van der Waals surface area contributed by atoms with Crippen molar-refractivity contribution in [3.63, 3.8) is 0 Å². The average molecular weight is 356 g/mol. The van der Waals surface area contributed by atoms with Crippen LogP contribution in [0.4, 0.5) is 0 Å². The summed E-state index contributed by atoms with van der Waals surface area (Å²) in [6, 6.07) is 11.6. The molecule has 2 N–H and O–H groups in total. The minimum atomic E-state index is -0.104. The van der Waals surface area contributed by atoms with E-state index in [1.54, 1.807) is 4.57 Å². The molecule has 2 heterocycles. The van der Waals surface area contributed by atoms with Gasteiger partial charge in [-0.1, -0.05) is 42.1 Å². The highest BCUT2D eigenvalue weighted by molar-refractivity contribution is 7.99. The van der Waals surface area contributed by atoms with Crippen LogP contribution in [0.2, 0.25) is 0 Å². The number of aryl methyl sites for hydroxylation is 1. The minimum Gasteiger partial charge on any atom is -0.353 e. The first-order chi connectivity index (χ1) is 12.1. The number of nitrogens with one attached hydrogen (secondary N) is 2. The molecule has 1 aromatic carbocycles. The highest BCUT2D eigenvalue weighted by Crippen LogP contribution is 2.18. The summed E-state index contributed by atoms with van der Waals surface area (Å²) in [6.07, 6.45) is 0. The van der Waals surface area contributed by atoms with Crippen molar-refractivity contribution in [3.8, 4) is 0 Å². The lowest BCUT2D eigenvalue weighted by Crippen LogP contribution is -2.26. The number of aromatic amines is 1. The Bertz CT molecular complexity index is 947. The topological polar surface area (TPSA) is 79.8 Å². The van der Waals surface area contributed by atoms with Gasteiger partial charge in [0.15, 0.2) is 5.16 Å². The monoisotopic (exact) mass is 356 g/mol. The fourth-order valence-corrected chi connectivity index (χ4v) is 3.47. The Morgan fingerprint density at radius 2 is 2.08 bits per heavy atom. The number of nitrogens with zero attached hydrogens (tertiary/aromatic N) is 2.